The van der Waals surface area contributed by atoms with Gasteiger partial charge >= 0.3 is 0 Å². The monoisotopic (exact) mass is 359 g/mol. The van der Waals surface area contributed by atoms with Gasteiger partial charge in [-0.15, -0.1) is 0 Å². The smallest absolute Gasteiger partial charge is 0.262 e. The summed E-state index contributed by atoms with van der Waals surface area (Å²) >= 11 is 1.13. The first-order valence-electron chi connectivity index (χ1n) is 7.45. The first kappa shape index (κ1) is 15.5. The average Bonchev–Trinajstić information content (AvgIpc) is 3.09. The van der Waals surface area contributed by atoms with Crippen LogP contribution in [-0.4, -0.2) is 45.0 Å². The van der Waals surface area contributed by atoms with E-state index < -0.39 is 0 Å². The average molecular weight is 359 g/mol. The lowest BCUT2D eigenvalue weighted by molar-refractivity contribution is -0.113. The third-order valence-electron chi connectivity index (χ3n) is 3.46. The molecule has 1 aliphatic heterocycles. The normalized spacial score (nSPS) is 13.0. The van der Waals surface area contributed by atoms with E-state index in [1.165, 1.54) is 6.20 Å². The highest BCUT2D eigenvalue weighted by molar-refractivity contribution is 7.99. The zero-order chi connectivity index (χ0) is 17.2. The van der Waals surface area contributed by atoms with Crippen LogP contribution >= 0.6 is 11.8 Å². The molecule has 0 bridgehead atoms. The van der Waals surface area contributed by atoms with Crippen LogP contribution in [0.25, 0.3) is 11.0 Å². The molecule has 3 aromatic rings. The number of amides is 1. The standard InChI is InChI=1S/C15H13N5O4S/c21-12(17-8-1-2-10-11(5-8)24-4-3-23-10)7-25-15-18-13-9(6-16-20-13)14(22)19-15/h1-2,5-6H,3-4,7H2,(H,17,21)(H2,16,18,19,20,22). The Bertz CT molecular complexity index is 999. The van der Waals surface area contributed by atoms with Crippen LogP contribution in [0.5, 0.6) is 11.5 Å². The molecular formula is C15H13N5O4S. The lowest BCUT2D eigenvalue weighted by atomic mass is 10.2. The van der Waals surface area contributed by atoms with Gasteiger partial charge in [-0.3, -0.25) is 14.7 Å². The maximum Gasteiger partial charge on any atom is 0.262 e. The van der Waals surface area contributed by atoms with Crippen LogP contribution in [0.15, 0.2) is 34.3 Å². The summed E-state index contributed by atoms with van der Waals surface area (Å²) in [6.45, 7) is 0.997. The second kappa shape index (κ2) is 6.48. The minimum atomic E-state index is -0.298. The van der Waals surface area contributed by atoms with E-state index in [1.807, 2.05) is 0 Å². The molecule has 3 heterocycles. The summed E-state index contributed by atoms with van der Waals surface area (Å²) in [5.41, 5.74) is 0.701. The van der Waals surface area contributed by atoms with Gasteiger partial charge in [0.1, 0.15) is 18.6 Å². The number of benzene rings is 1. The van der Waals surface area contributed by atoms with Crippen molar-refractivity contribution in [2.24, 2.45) is 0 Å². The fraction of sp³-hybridized carbons (Fsp3) is 0.200. The Balaban J connectivity index is 1.41. The van der Waals surface area contributed by atoms with E-state index in [9.17, 15) is 9.59 Å². The van der Waals surface area contributed by atoms with Gasteiger partial charge in [-0.1, -0.05) is 11.8 Å². The summed E-state index contributed by atoms with van der Waals surface area (Å²) in [5, 5.41) is 9.91. The fourth-order valence-electron chi connectivity index (χ4n) is 2.35. The van der Waals surface area contributed by atoms with Crippen LogP contribution in [0.3, 0.4) is 0 Å². The maximum absolute atomic E-state index is 12.1. The molecule has 9 nitrogen and oxygen atoms in total. The molecule has 0 atom stereocenters. The number of hydrogen-bond donors (Lipinski definition) is 3. The number of aromatic nitrogens is 4. The SMILES string of the molecule is O=C(CSc1nc2[nH]ncc2c(=O)[nH]1)Nc1ccc2c(c1)OCCO2. The first-order chi connectivity index (χ1) is 12.2. The van der Waals surface area contributed by atoms with Gasteiger partial charge in [-0.2, -0.15) is 5.10 Å². The van der Waals surface area contributed by atoms with Gasteiger partial charge in [0.05, 0.1) is 11.9 Å². The summed E-state index contributed by atoms with van der Waals surface area (Å²) in [5.74, 6) is 1.13. The van der Waals surface area contributed by atoms with Gasteiger partial charge in [-0.25, -0.2) is 4.98 Å². The van der Waals surface area contributed by atoms with Crippen molar-refractivity contribution in [1.82, 2.24) is 20.2 Å². The summed E-state index contributed by atoms with van der Waals surface area (Å²) in [6, 6.07) is 5.21. The summed E-state index contributed by atoms with van der Waals surface area (Å²) < 4.78 is 10.9. The molecule has 0 fully saturated rings. The Labute approximate surface area is 145 Å². The number of nitrogens with one attached hydrogen (secondary N) is 3. The van der Waals surface area contributed by atoms with E-state index >= 15 is 0 Å². The number of anilines is 1. The first-order valence-corrected chi connectivity index (χ1v) is 8.43. The molecule has 0 saturated heterocycles. The van der Waals surface area contributed by atoms with Gasteiger partial charge in [-0.05, 0) is 12.1 Å². The van der Waals surface area contributed by atoms with Crippen LogP contribution in [0, 0.1) is 0 Å². The molecule has 4 rings (SSSR count). The Morgan fingerprint density at radius 2 is 2.12 bits per heavy atom. The van der Waals surface area contributed by atoms with Crippen molar-refractivity contribution >= 4 is 34.4 Å². The molecule has 25 heavy (non-hydrogen) atoms. The van der Waals surface area contributed by atoms with Gasteiger partial charge in [0.15, 0.2) is 22.3 Å². The number of rotatable bonds is 4. The van der Waals surface area contributed by atoms with Crippen molar-refractivity contribution < 1.29 is 14.3 Å². The molecule has 1 amide bonds. The Kier molecular flexibility index (Phi) is 4.02. The number of carbonyl (C=O) groups excluding carboxylic acids is 1. The molecule has 1 aliphatic rings. The quantitative estimate of drug-likeness (QED) is 0.472. The number of carbonyl (C=O) groups is 1. The Morgan fingerprint density at radius 3 is 3.00 bits per heavy atom. The van der Waals surface area contributed by atoms with Gasteiger partial charge in [0.2, 0.25) is 5.91 Å². The number of aromatic amines is 2. The van der Waals surface area contributed by atoms with E-state index in [0.29, 0.717) is 46.6 Å². The number of hydrogen-bond acceptors (Lipinski definition) is 7. The van der Waals surface area contributed by atoms with Crippen LogP contribution in [0.4, 0.5) is 5.69 Å². The van der Waals surface area contributed by atoms with Crippen LogP contribution < -0.4 is 20.3 Å². The third-order valence-corrected chi connectivity index (χ3v) is 4.34. The molecule has 0 unspecified atom stereocenters. The Morgan fingerprint density at radius 1 is 1.28 bits per heavy atom. The van der Waals surface area contributed by atoms with E-state index in [1.54, 1.807) is 18.2 Å². The zero-order valence-corrected chi connectivity index (χ0v) is 13.7. The van der Waals surface area contributed by atoms with E-state index in [0.717, 1.165) is 11.8 Å². The lowest BCUT2D eigenvalue weighted by Gasteiger charge is -2.18. The molecule has 1 aromatic carbocycles. The summed E-state index contributed by atoms with van der Waals surface area (Å²) in [7, 11) is 0. The highest BCUT2D eigenvalue weighted by atomic mass is 32.2. The second-order valence-corrected chi connectivity index (χ2v) is 6.16. The fourth-order valence-corrected chi connectivity index (χ4v) is 3.01. The van der Waals surface area contributed by atoms with Gasteiger partial charge in [0.25, 0.3) is 5.56 Å². The minimum absolute atomic E-state index is 0.0943. The molecule has 128 valence electrons. The number of thioether (sulfide) groups is 1. The summed E-state index contributed by atoms with van der Waals surface area (Å²) in [4.78, 5) is 30.8. The molecule has 0 saturated carbocycles. The van der Waals surface area contributed by atoms with Gasteiger partial charge < -0.3 is 19.8 Å². The number of fused-ring (bicyclic) bond motifs is 2. The molecular weight excluding hydrogens is 346 g/mol. The van der Waals surface area contributed by atoms with Gasteiger partial charge in [0, 0.05) is 11.8 Å². The highest BCUT2D eigenvalue weighted by Crippen LogP contribution is 2.32. The van der Waals surface area contributed by atoms with Crippen molar-refractivity contribution in [3.8, 4) is 11.5 Å². The summed E-state index contributed by atoms with van der Waals surface area (Å²) in [6.07, 6.45) is 1.41. The van der Waals surface area contributed by atoms with Crippen LogP contribution in [0.1, 0.15) is 0 Å². The maximum atomic E-state index is 12.1. The van der Waals surface area contributed by atoms with Crippen molar-refractivity contribution in [3.05, 3.63) is 34.7 Å². The lowest BCUT2D eigenvalue weighted by Crippen LogP contribution is -2.17. The van der Waals surface area contributed by atoms with Crippen molar-refractivity contribution in [3.63, 3.8) is 0 Å². The van der Waals surface area contributed by atoms with Crippen LogP contribution in [0.2, 0.25) is 0 Å². The molecule has 0 aliphatic carbocycles. The molecule has 0 radical (unpaired) electrons. The van der Waals surface area contributed by atoms with E-state index in [2.05, 4.69) is 25.5 Å². The number of H-pyrrole nitrogens is 2. The molecule has 3 N–H and O–H groups in total. The van der Waals surface area contributed by atoms with Crippen molar-refractivity contribution in [1.29, 1.82) is 0 Å². The van der Waals surface area contributed by atoms with E-state index in [4.69, 9.17) is 9.47 Å². The predicted molar refractivity (Wildman–Crippen MR) is 91.3 cm³/mol. The molecule has 0 spiro atoms. The zero-order valence-electron chi connectivity index (χ0n) is 12.9. The number of ether oxygens (including phenoxy) is 2. The molecule has 10 heteroatoms. The molecule has 2 aromatic heterocycles. The topological polar surface area (TPSA) is 122 Å². The minimum Gasteiger partial charge on any atom is -0.486 e. The van der Waals surface area contributed by atoms with E-state index in [-0.39, 0.29) is 17.2 Å². The van der Waals surface area contributed by atoms with Crippen molar-refractivity contribution in [2.45, 2.75) is 5.16 Å². The van der Waals surface area contributed by atoms with Crippen LogP contribution in [-0.2, 0) is 4.79 Å². The predicted octanol–water partition coefficient (Wildman–Crippen LogP) is 1.15. The van der Waals surface area contributed by atoms with Crippen molar-refractivity contribution in [2.75, 3.05) is 24.3 Å². The largest absolute Gasteiger partial charge is 0.486 e. The number of nitrogens with zero attached hydrogens (tertiary/aromatic N) is 2. The third kappa shape index (κ3) is 3.29. The Hall–Kier alpha value is -3.01. The second-order valence-electron chi connectivity index (χ2n) is 5.20. The highest BCUT2D eigenvalue weighted by Gasteiger charge is 2.13.